The van der Waals surface area contributed by atoms with Crippen molar-refractivity contribution in [1.29, 1.82) is 0 Å². The lowest BCUT2D eigenvalue weighted by molar-refractivity contribution is 0.177. The largest absolute Gasteiger partial charge is 0.392 e. The molecular weight excluding hydrogens is 198 g/mol. The number of aliphatic hydroxyl groups excluding tert-OH is 1. The van der Waals surface area contributed by atoms with Crippen LogP contribution in [0, 0.1) is 11.8 Å². The molecular formula is C14H27NO. The Bertz CT molecular complexity index is 235. The molecule has 0 aromatic carbocycles. The molecule has 0 spiro atoms. The average molecular weight is 225 g/mol. The third-order valence-electron chi connectivity index (χ3n) is 3.88. The predicted octanol–water partition coefficient (Wildman–Crippen LogP) is 2.68. The number of allylic oxidation sites excluding steroid dienone is 1. The molecule has 1 aliphatic heterocycles. The zero-order chi connectivity index (χ0) is 12.1. The van der Waals surface area contributed by atoms with Gasteiger partial charge in [-0.25, -0.2) is 0 Å². The summed E-state index contributed by atoms with van der Waals surface area (Å²) in [5.41, 5.74) is 1.51. The maximum Gasteiger partial charge on any atom is 0.0679 e. The van der Waals surface area contributed by atoms with Crippen molar-refractivity contribution in [2.45, 2.75) is 46.6 Å². The summed E-state index contributed by atoms with van der Waals surface area (Å²) in [4.78, 5) is 2.36. The van der Waals surface area contributed by atoms with E-state index in [0.29, 0.717) is 5.92 Å². The fraction of sp³-hybridized carbons (Fsp3) is 0.857. The molecule has 1 fully saturated rings. The highest BCUT2D eigenvalue weighted by Gasteiger charge is 2.18. The minimum absolute atomic E-state index is 0.0836. The molecule has 2 nitrogen and oxygen atoms in total. The fourth-order valence-corrected chi connectivity index (χ4v) is 2.20. The van der Waals surface area contributed by atoms with E-state index >= 15 is 0 Å². The molecule has 16 heavy (non-hydrogen) atoms. The Morgan fingerprint density at radius 3 is 2.62 bits per heavy atom. The Labute approximate surface area is 100 Å². The second-order valence-electron chi connectivity index (χ2n) is 5.51. The standard InChI is InChI=1S/C14H27NO/c1-11(2)13(4)12(3)6-5-8-15-9-7-14(16)10-15/h6,11,13-14,16H,5,7-10H2,1-4H3. The second kappa shape index (κ2) is 6.41. The van der Waals surface area contributed by atoms with Gasteiger partial charge in [0.1, 0.15) is 0 Å². The Morgan fingerprint density at radius 1 is 1.44 bits per heavy atom. The normalized spacial score (nSPS) is 25.4. The van der Waals surface area contributed by atoms with E-state index in [9.17, 15) is 5.11 Å². The Balaban J connectivity index is 2.25. The van der Waals surface area contributed by atoms with E-state index < -0.39 is 0 Å². The fourth-order valence-electron chi connectivity index (χ4n) is 2.20. The molecule has 2 unspecified atom stereocenters. The highest BCUT2D eigenvalue weighted by atomic mass is 16.3. The minimum atomic E-state index is -0.0836. The third kappa shape index (κ3) is 4.26. The summed E-state index contributed by atoms with van der Waals surface area (Å²) < 4.78 is 0. The van der Waals surface area contributed by atoms with Gasteiger partial charge >= 0.3 is 0 Å². The van der Waals surface area contributed by atoms with Gasteiger partial charge in [-0.05, 0) is 31.6 Å². The van der Waals surface area contributed by atoms with Gasteiger partial charge in [-0.3, -0.25) is 0 Å². The van der Waals surface area contributed by atoms with Crippen LogP contribution in [0.5, 0.6) is 0 Å². The molecule has 1 saturated heterocycles. The van der Waals surface area contributed by atoms with Gasteiger partial charge in [-0.2, -0.15) is 0 Å². The van der Waals surface area contributed by atoms with E-state index in [1.54, 1.807) is 0 Å². The lowest BCUT2D eigenvalue weighted by Gasteiger charge is -2.17. The number of hydrogen-bond acceptors (Lipinski definition) is 2. The number of hydrogen-bond donors (Lipinski definition) is 1. The molecule has 0 aliphatic carbocycles. The van der Waals surface area contributed by atoms with Gasteiger partial charge in [0.2, 0.25) is 0 Å². The van der Waals surface area contributed by atoms with Crippen LogP contribution in [-0.4, -0.2) is 35.7 Å². The van der Waals surface area contributed by atoms with Crippen LogP contribution in [0.15, 0.2) is 11.6 Å². The summed E-state index contributed by atoms with van der Waals surface area (Å²) in [6.45, 7) is 12.1. The van der Waals surface area contributed by atoms with E-state index in [-0.39, 0.29) is 6.10 Å². The smallest absolute Gasteiger partial charge is 0.0679 e. The number of nitrogens with zero attached hydrogens (tertiary/aromatic N) is 1. The van der Waals surface area contributed by atoms with Crippen LogP contribution in [0.4, 0.5) is 0 Å². The van der Waals surface area contributed by atoms with Crippen molar-refractivity contribution in [3.8, 4) is 0 Å². The van der Waals surface area contributed by atoms with E-state index in [4.69, 9.17) is 0 Å². The molecule has 0 radical (unpaired) electrons. The first-order chi connectivity index (χ1) is 7.50. The quantitative estimate of drug-likeness (QED) is 0.727. The van der Waals surface area contributed by atoms with Crippen LogP contribution in [0.1, 0.15) is 40.5 Å². The monoisotopic (exact) mass is 225 g/mol. The van der Waals surface area contributed by atoms with Crippen molar-refractivity contribution in [3.63, 3.8) is 0 Å². The van der Waals surface area contributed by atoms with Crippen molar-refractivity contribution >= 4 is 0 Å². The van der Waals surface area contributed by atoms with Gasteiger partial charge in [0.05, 0.1) is 6.10 Å². The van der Waals surface area contributed by atoms with Crippen molar-refractivity contribution in [3.05, 3.63) is 11.6 Å². The Morgan fingerprint density at radius 2 is 2.12 bits per heavy atom. The lowest BCUT2D eigenvalue weighted by atomic mass is 9.90. The molecule has 2 heteroatoms. The molecule has 2 atom stereocenters. The van der Waals surface area contributed by atoms with E-state index in [0.717, 1.165) is 38.4 Å². The van der Waals surface area contributed by atoms with Crippen LogP contribution in [0.3, 0.4) is 0 Å². The summed E-state index contributed by atoms with van der Waals surface area (Å²) >= 11 is 0. The van der Waals surface area contributed by atoms with Gasteiger partial charge < -0.3 is 10.0 Å². The van der Waals surface area contributed by atoms with E-state index in [2.05, 4.69) is 38.7 Å². The van der Waals surface area contributed by atoms with Gasteiger partial charge in [0, 0.05) is 19.6 Å². The van der Waals surface area contributed by atoms with E-state index in [1.807, 2.05) is 0 Å². The predicted molar refractivity (Wildman–Crippen MR) is 69.4 cm³/mol. The number of aliphatic hydroxyl groups is 1. The summed E-state index contributed by atoms with van der Waals surface area (Å²) in [7, 11) is 0. The van der Waals surface area contributed by atoms with Crippen LogP contribution in [0.25, 0.3) is 0 Å². The molecule has 0 aromatic rings. The Hall–Kier alpha value is -0.340. The maximum absolute atomic E-state index is 9.41. The van der Waals surface area contributed by atoms with Crippen molar-refractivity contribution in [2.24, 2.45) is 11.8 Å². The molecule has 0 saturated carbocycles. The highest BCUT2D eigenvalue weighted by molar-refractivity contribution is 5.03. The third-order valence-corrected chi connectivity index (χ3v) is 3.88. The van der Waals surface area contributed by atoms with Crippen molar-refractivity contribution in [1.82, 2.24) is 4.90 Å². The zero-order valence-electron chi connectivity index (χ0n) is 11.2. The SMILES string of the molecule is CC(=CCCN1CCC(O)C1)C(C)C(C)C. The summed E-state index contributed by atoms with van der Waals surface area (Å²) in [5, 5.41) is 9.41. The summed E-state index contributed by atoms with van der Waals surface area (Å²) in [6.07, 6.45) is 4.36. The van der Waals surface area contributed by atoms with Gasteiger partial charge in [-0.15, -0.1) is 0 Å². The van der Waals surface area contributed by atoms with Crippen LogP contribution < -0.4 is 0 Å². The summed E-state index contributed by atoms with van der Waals surface area (Å²) in [5.74, 6) is 1.41. The zero-order valence-corrected chi connectivity index (χ0v) is 11.2. The highest BCUT2D eigenvalue weighted by Crippen LogP contribution is 2.19. The van der Waals surface area contributed by atoms with Crippen LogP contribution >= 0.6 is 0 Å². The van der Waals surface area contributed by atoms with Crippen molar-refractivity contribution < 1.29 is 5.11 Å². The first-order valence-corrected chi connectivity index (χ1v) is 6.57. The van der Waals surface area contributed by atoms with Crippen molar-refractivity contribution in [2.75, 3.05) is 19.6 Å². The average Bonchev–Trinajstić information content (AvgIpc) is 2.62. The Kier molecular flexibility index (Phi) is 5.50. The van der Waals surface area contributed by atoms with Gasteiger partial charge in [0.15, 0.2) is 0 Å². The first-order valence-electron chi connectivity index (χ1n) is 6.57. The molecule has 1 heterocycles. The lowest BCUT2D eigenvalue weighted by Crippen LogP contribution is -2.22. The van der Waals surface area contributed by atoms with Crippen LogP contribution in [0.2, 0.25) is 0 Å². The molecule has 0 amide bonds. The molecule has 94 valence electrons. The van der Waals surface area contributed by atoms with E-state index in [1.165, 1.54) is 5.57 Å². The van der Waals surface area contributed by atoms with Crippen LogP contribution in [-0.2, 0) is 0 Å². The first kappa shape index (κ1) is 13.7. The summed E-state index contributed by atoms with van der Waals surface area (Å²) in [6, 6.07) is 0. The molecule has 0 aromatic heterocycles. The molecule has 1 rings (SSSR count). The van der Waals surface area contributed by atoms with Gasteiger partial charge in [-0.1, -0.05) is 32.4 Å². The topological polar surface area (TPSA) is 23.5 Å². The molecule has 1 aliphatic rings. The second-order valence-corrected chi connectivity index (χ2v) is 5.51. The molecule has 1 N–H and O–H groups in total. The van der Waals surface area contributed by atoms with Gasteiger partial charge in [0.25, 0.3) is 0 Å². The number of rotatable bonds is 5. The minimum Gasteiger partial charge on any atom is -0.392 e. The maximum atomic E-state index is 9.41. The molecule has 0 bridgehead atoms. The number of β-amino-alcohol motifs (C(OH)–C–C–N with tert-alkyl or cyclic N) is 1. The number of likely N-dealkylation sites (tertiary alicyclic amines) is 1.